The monoisotopic (exact) mass is 427 g/mol. The molecule has 0 aliphatic heterocycles. The third-order valence-corrected chi connectivity index (χ3v) is 4.55. The minimum atomic E-state index is -1.09. The molecule has 2 aromatic heterocycles. The van der Waals surface area contributed by atoms with Gasteiger partial charge in [-0.15, -0.1) is 0 Å². The molecule has 0 saturated carbocycles. The average molecular weight is 428 g/mol. The van der Waals surface area contributed by atoms with Crippen molar-refractivity contribution in [3.05, 3.63) is 75.9 Å². The van der Waals surface area contributed by atoms with Crippen LogP contribution in [0.1, 0.15) is 23.2 Å². The van der Waals surface area contributed by atoms with Crippen LogP contribution in [0, 0.1) is 12.7 Å². The van der Waals surface area contributed by atoms with Crippen molar-refractivity contribution < 1.29 is 9.50 Å². The fourth-order valence-electron chi connectivity index (χ4n) is 2.74. The largest absolute Gasteiger partial charge is 0.380 e. The van der Waals surface area contributed by atoms with Crippen LogP contribution in [-0.2, 0) is 0 Å². The van der Waals surface area contributed by atoms with Gasteiger partial charge >= 0.3 is 0 Å². The highest BCUT2D eigenvalue weighted by atomic mass is 79.9. The summed E-state index contributed by atoms with van der Waals surface area (Å²) in [6.45, 7) is 1.90. The van der Waals surface area contributed by atoms with E-state index in [4.69, 9.17) is 0 Å². The van der Waals surface area contributed by atoms with Gasteiger partial charge < -0.3 is 10.4 Å². The summed E-state index contributed by atoms with van der Waals surface area (Å²) in [5.74, 6) is 0.973. The number of aryl methyl sites for hydroxylation is 1. The highest BCUT2D eigenvalue weighted by Gasteiger charge is 2.18. The van der Waals surface area contributed by atoms with Gasteiger partial charge in [0.1, 0.15) is 17.7 Å². The van der Waals surface area contributed by atoms with Crippen LogP contribution >= 0.6 is 15.9 Å². The number of aliphatic hydroxyl groups is 1. The molecule has 0 radical (unpaired) electrons. The van der Waals surface area contributed by atoms with Crippen LogP contribution in [0.5, 0.6) is 0 Å². The maximum Gasteiger partial charge on any atom is 0.164 e. The smallest absolute Gasteiger partial charge is 0.164 e. The Morgan fingerprint density at radius 1 is 1.11 bits per heavy atom. The summed E-state index contributed by atoms with van der Waals surface area (Å²) < 4.78 is 14.0. The van der Waals surface area contributed by atoms with Crippen molar-refractivity contribution in [2.24, 2.45) is 0 Å². The molecule has 0 spiro atoms. The summed E-state index contributed by atoms with van der Waals surface area (Å²) in [5.41, 5.74) is 2.07. The molecule has 1 unspecified atom stereocenters. The van der Waals surface area contributed by atoms with E-state index in [0.29, 0.717) is 22.7 Å². The molecule has 0 fully saturated rings. The molecule has 0 aliphatic rings. The van der Waals surface area contributed by atoms with Gasteiger partial charge in [-0.25, -0.2) is 14.4 Å². The van der Waals surface area contributed by atoms with Crippen molar-refractivity contribution in [1.29, 1.82) is 0 Å². The van der Waals surface area contributed by atoms with Gasteiger partial charge in [-0.05, 0) is 42.8 Å². The molecule has 4 rings (SSSR count). The number of halogens is 2. The first kappa shape index (κ1) is 17.6. The Bertz CT molecular complexity index is 1110. The first-order chi connectivity index (χ1) is 13.0. The first-order valence-electron chi connectivity index (χ1n) is 8.19. The molecule has 3 N–H and O–H groups in total. The molecular weight excluding hydrogens is 413 g/mol. The lowest BCUT2D eigenvalue weighted by Gasteiger charge is -2.14. The standard InChI is InChI=1S/C19H15BrFN5O/c1-10-8-16(26-25-10)23-18-14-7-4-12(20)9-15(14)22-19(24-18)17(27)11-2-5-13(21)6-3-11/h2-9,17,27H,1H3,(H2,22,23,24,25,26). The predicted octanol–water partition coefficient (Wildman–Crippen LogP) is 4.39. The Labute approximate surface area is 162 Å². The van der Waals surface area contributed by atoms with E-state index in [1.54, 1.807) is 0 Å². The summed E-state index contributed by atoms with van der Waals surface area (Å²) in [7, 11) is 0. The van der Waals surface area contributed by atoms with E-state index >= 15 is 0 Å². The minimum absolute atomic E-state index is 0.210. The highest BCUT2D eigenvalue weighted by Crippen LogP contribution is 2.29. The van der Waals surface area contributed by atoms with Crippen molar-refractivity contribution in [1.82, 2.24) is 20.2 Å². The zero-order chi connectivity index (χ0) is 19.0. The maximum atomic E-state index is 13.2. The van der Waals surface area contributed by atoms with Gasteiger partial charge in [0.05, 0.1) is 5.52 Å². The second-order valence-electron chi connectivity index (χ2n) is 6.11. The van der Waals surface area contributed by atoms with Gasteiger partial charge in [-0.3, -0.25) is 5.10 Å². The van der Waals surface area contributed by atoms with Crippen molar-refractivity contribution in [3.8, 4) is 0 Å². The Kier molecular flexibility index (Phi) is 4.59. The van der Waals surface area contributed by atoms with Gasteiger partial charge in [0, 0.05) is 21.6 Å². The number of hydrogen-bond donors (Lipinski definition) is 3. The van der Waals surface area contributed by atoms with Gasteiger partial charge in [0.15, 0.2) is 11.6 Å². The molecule has 8 heteroatoms. The Hall–Kier alpha value is -2.84. The molecule has 0 amide bonds. The number of H-pyrrole nitrogens is 1. The summed E-state index contributed by atoms with van der Waals surface area (Å²) in [4.78, 5) is 8.99. The number of nitrogens with zero attached hydrogens (tertiary/aromatic N) is 3. The topological polar surface area (TPSA) is 86.7 Å². The number of hydrogen-bond acceptors (Lipinski definition) is 5. The van der Waals surface area contributed by atoms with Gasteiger partial charge in [-0.1, -0.05) is 28.1 Å². The van der Waals surface area contributed by atoms with Gasteiger partial charge in [0.2, 0.25) is 0 Å². The van der Waals surface area contributed by atoms with Crippen molar-refractivity contribution in [3.63, 3.8) is 0 Å². The number of aromatic amines is 1. The summed E-state index contributed by atoms with van der Waals surface area (Å²) >= 11 is 3.44. The minimum Gasteiger partial charge on any atom is -0.380 e. The molecular formula is C19H15BrFN5O. The lowest BCUT2D eigenvalue weighted by atomic mass is 10.1. The van der Waals surface area contributed by atoms with Crippen LogP contribution in [0.4, 0.5) is 16.0 Å². The Morgan fingerprint density at radius 3 is 2.59 bits per heavy atom. The molecule has 0 saturated heterocycles. The number of nitrogens with one attached hydrogen (secondary N) is 2. The van der Waals surface area contributed by atoms with E-state index in [2.05, 4.69) is 41.4 Å². The predicted molar refractivity (Wildman–Crippen MR) is 104 cm³/mol. The zero-order valence-electron chi connectivity index (χ0n) is 14.2. The van der Waals surface area contributed by atoms with E-state index in [-0.39, 0.29) is 11.6 Å². The molecule has 0 aliphatic carbocycles. The van der Waals surface area contributed by atoms with Crippen LogP contribution in [0.15, 0.2) is 53.0 Å². The normalized spacial score (nSPS) is 12.3. The van der Waals surface area contributed by atoms with Crippen LogP contribution in [-0.4, -0.2) is 25.3 Å². The van der Waals surface area contributed by atoms with Crippen molar-refractivity contribution >= 4 is 38.5 Å². The summed E-state index contributed by atoms with van der Waals surface area (Å²) in [6.07, 6.45) is -1.09. The van der Waals surface area contributed by atoms with E-state index in [1.807, 2.05) is 31.2 Å². The lowest BCUT2D eigenvalue weighted by Crippen LogP contribution is -2.08. The summed E-state index contributed by atoms with van der Waals surface area (Å²) in [6, 6.07) is 13.1. The Balaban J connectivity index is 1.81. The van der Waals surface area contributed by atoms with Crippen LogP contribution in [0.3, 0.4) is 0 Å². The molecule has 0 bridgehead atoms. The molecule has 4 aromatic rings. The maximum absolute atomic E-state index is 13.2. The van der Waals surface area contributed by atoms with Gasteiger partial charge in [0.25, 0.3) is 0 Å². The number of rotatable bonds is 4. The SMILES string of the molecule is Cc1cc(Nc2nc(C(O)c3ccc(F)cc3)nc3cc(Br)ccc23)n[nH]1. The molecule has 136 valence electrons. The molecule has 27 heavy (non-hydrogen) atoms. The average Bonchev–Trinajstić information content (AvgIpc) is 3.06. The van der Waals surface area contributed by atoms with Crippen molar-refractivity contribution in [2.45, 2.75) is 13.0 Å². The van der Waals surface area contributed by atoms with Gasteiger partial charge in [-0.2, -0.15) is 5.10 Å². The molecule has 1 atom stereocenters. The van der Waals surface area contributed by atoms with E-state index in [1.165, 1.54) is 24.3 Å². The van der Waals surface area contributed by atoms with Crippen LogP contribution < -0.4 is 5.32 Å². The second-order valence-corrected chi connectivity index (χ2v) is 7.02. The third kappa shape index (κ3) is 3.67. The van der Waals surface area contributed by atoms with Crippen molar-refractivity contribution in [2.75, 3.05) is 5.32 Å². The number of aromatic nitrogens is 4. The van der Waals surface area contributed by atoms with E-state index < -0.39 is 6.10 Å². The lowest BCUT2D eigenvalue weighted by molar-refractivity contribution is 0.210. The number of aliphatic hydroxyl groups excluding tert-OH is 1. The highest BCUT2D eigenvalue weighted by molar-refractivity contribution is 9.10. The van der Waals surface area contributed by atoms with Crippen LogP contribution in [0.25, 0.3) is 10.9 Å². The van der Waals surface area contributed by atoms with E-state index in [0.717, 1.165) is 15.6 Å². The number of anilines is 2. The van der Waals surface area contributed by atoms with Crippen LogP contribution in [0.2, 0.25) is 0 Å². The van der Waals surface area contributed by atoms with E-state index in [9.17, 15) is 9.50 Å². The zero-order valence-corrected chi connectivity index (χ0v) is 15.8. The second kappa shape index (κ2) is 7.05. The number of fused-ring (bicyclic) bond motifs is 1. The quantitative estimate of drug-likeness (QED) is 0.449. The molecule has 2 heterocycles. The molecule has 2 aromatic carbocycles. The fourth-order valence-corrected chi connectivity index (χ4v) is 3.08. The Morgan fingerprint density at radius 2 is 1.89 bits per heavy atom. The summed E-state index contributed by atoms with van der Waals surface area (Å²) in [5, 5.41) is 21.7. The molecule has 6 nitrogen and oxygen atoms in total. The fraction of sp³-hybridized carbons (Fsp3) is 0.105. The number of benzene rings is 2. The first-order valence-corrected chi connectivity index (χ1v) is 8.98. The third-order valence-electron chi connectivity index (χ3n) is 4.06.